The molecule has 0 bridgehead atoms. The molecule has 0 amide bonds. The van der Waals surface area contributed by atoms with Gasteiger partial charge < -0.3 is 0 Å². The minimum Gasteiger partial charge on any atom is -0.277 e. The maximum Gasteiger partial charge on any atom is 0.264 e. The molecule has 0 saturated carbocycles. The molecule has 0 atom stereocenters. The summed E-state index contributed by atoms with van der Waals surface area (Å²) in [6.45, 7) is 0. The average Bonchev–Trinajstić information content (AvgIpc) is 3.02. The molecule has 112 valence electrons. The first-order valence-electron chi connectivity index (χ1n) is 6.18. The highest BCUT2D eigenvalue weighted by molar-refractivity contribution is 7.92. The Hall–Kier alpha value is -2.81. The Bertz CT molecular complexity index is 896. The molecule has 0 aliphatic heterocycles. The maximum atomic E-state index is 13.7. The number of anilines is 1. The summed E-state index contributed by atoms with van der Waals surface area (Å²) in [6, 6.07) is 11.7. The van der Waals surface area contributed by atoms with Crippen molar-refractivity contribution in [2.45, 2.75) is 4.90 Å². The highest BCUT2D eigenvalue weighted by Gasteiger charge is 2.20. The van der Waals surface area contributed by atoms with E-state index in [2.05, 4.69) is 20.2 Å². The van der Waals surface area contributed by atoms with Gasteiger partial charge in [0, 0.05) is 0 Å². The molecule has 0 fully saturated rings. The van der Waals surface area contributed by atoms with Crippen LogP contribution in [0.25, 0.3) is 5.69 Å². The van der Waals surface area contributed by atoms with E-state index in [1.807, 2.05) is 0 Å². The Labute approximate surface area is 125 Å². The van der Waals surface area contributed by atoms with E-state index in [-0.39, 0.29) is 5.69 Å². The fourth-order valence-corrected chi connectivity index (χ4v) is 3.05. The predicted molar refractivity (Wildman–Crippen MR) is 76.4 cm³/mol. The molecule has 0 aliphatic rings. The molecule has 3 aromatic rings. The standard InChI is InChI=1S/C13H10FN5O2S/c14-10-5-1-4-8-13(10)22(20,21)16-11-6-2-3-7-12(11)19-9-15-17-18-19/h1-9,16H. The number of sulfonamides is 1. The summed E-state index contributed by atoms with van der Waals surface area (Å²) in [5.74, 6) is -0.824. The third-order valence-corrected chi connectivity index (χ3v) is 4.27. The van der Waals surface area contributed by atoms with Gasteiger partial charge in [0.05, 0.1) is 11.4 Å². The number of halogens is 1. The number of nitrogens with one attached hydrogen (secondary N) is 1. The lowest BCUT2D eigenvalue weighted by Crippen LogP contribution is -2.16. The second-order valence-electron chi connectivity index (χ2n) is 4.31. The van der Waals surface area contributed by atoms with Crippen LogP contribution in [0.3, 0.4) is 0 Å². The molecule has 7 nitrogen and oxygen atoms in total. The van der Waals surface area contributed by atoms with Gasteiger partial charge in [-0.2, -0.15) is 4.68 Å². The predicted octanol–water partition coefficient (Wildman–Crippen LogP) is 1.60. The molecule has 1 N–H and O–H groups in total. The molecule has 0 radical (unpaired) electrons. The number of nitrogens with zero attached hydrogens (tertiary/aromatic N) is 4. The van der Waals surface area contributed by atoms with E-state index in [0.717, 1.165) is 6.07 Å². The zero-order valence-corrected chi connectivity index (χ0v) is 11.9. The fourth-order valence-electron chi connectivity index (χ4n) is 1.89. The van der Waals surface area contributed by atoms with Crippen molar-refractivity contribution in [3.8, 4) is 5.69 Å². The molecule has 0 spiro atoms. The summed E-state index contributed by atoms with van der Waals surface area (Å²) in [6.07, 6.45) is 1.33. The van der Waals surface area contributed by atoms with Crippen LogP contribution in [0.4, 0.5) is 10.1 Å². The summed E-state index contributed by atoms with van der Waals surface area (Å²) in [5.41, 5.74) is 0.658. The normalized spacial score (nSPS) is 11.3. The first kappa shape index (κ1) is 14.1. The lowest BCUT2D eigenvalue weighted by Gasteiger charge is -2.12. The Kier molecular flexibility index (Phi) is 3.55. The molecule has 0 aliphatic carbocycles. The van der Waals surface area contributed by atoms with Crippen LogP contribution in [0.1, 0.15) is 0 Å². The molecule has 3 rings (SSSR count). The highest BCUT2D eigenvalue weighted by Crippen LogP contribution is 2.23. The van der Waals surface area contributed by atoms with E-state index in [9.17, 15) is 12.8 Å². The van der Waals surface area contributed by atoms with Crippen LogP contribution in [0.2, 0.25) is 0 Å². The first-order chi connectivity index (χ1) is 10.6. The van der Waals surface area contributed by atoms with E-state index in [0.29, 0.717) is 5.69 Å². The van der Waals surface area contributed by atoms with Crippen molar-refractivity contribution in [2.75, 3.05) is 4.72 Å². The summed E-state index contributed by atoms with van der Waals surface area (Å²) in [7, 11) is -4.06. The topological polar surface area (TPSA) is 89.8 Å². The van der Waals surface area contributed by atoms with Gasteiger partial charge in [-0.05, 0) is 34.7 Å². The van der Waals surface area contributed by atoms with Crippen LogP contribution >= 0.6 is 0 Å². The number of hydrogen-bond acceptors (Lipinski definition) is 5. The molecule has 2 aromatic carbocycles. The minimum atomic E-state index is -4.06. The molecular weight excluding hydrogens is 309 g/mol. The van der Waals surface area contributed by atoms with Gasteiger partial charge in [0.15, 0.2) is 0 Å². The molecule has 1 aromatic heterocycles. The van der Waals surface area contributed by atoms with Crippen molar-refractivity contribution in [3.63, 3.8) is 0 Å². The van der Waals surface area contributed by atoms with Gasteiger partial charge in [-0.25, -0.2) is 12.8 Å². The van der Waals surface area contributed by atoms with Gasteiger partial charge in [0.2, 0.25) is 0 Å². The Morgan fingerprint density at radius 3 is 2.50 bits per heavy atom. The van der Waals surface area contributed by atoms with Crippen LogP contribution < -0.4 is 4.72 Å². The third kappa shape index (κ3) is 2.66. The number of benzene rings is 2. The smallest absolute Gasteiger partial charge is 0.264 e. The molecule has 22 heavy (non-hydrogen) atoms. The monoisotopic (exact) mass is 319 g/mol. The molecular formula is C13H10FN5O2S. The fraction of sp³-hybridized carbons (Fsp3) is 0. The van der Waals surface area contributed by atoms with Gasteiger partial charge in [0.1, 0.15) is 17.0 Å². The summed E-state index contributed by atoms with van der Waals surface area (Å²) < 4.78 is 42.0. The Morgan fingerprint density at radius 1 is 1.05 bits per heavy atom. The van der Waals surface area contributed by atoms with Crippen LogP contribution in [-0.2, 0) is 10.0 Å². The van der Waals surface area contributed by atoms with Gasteiger partial charge in [-0.1, -0.05) is 24.3 Å². The highest BCUT2D eigenvalue weighted by atomic mass is 32.2. The zero-order valence-electron chi connectivity index (χ0n) is 11.1. The molecule has 0 unspecified atom stereocenters. The summed E-state index contributed by atoms with van der Waals surface area (Å²) in [5, 5.41) is 10.7. The van der Waals surface area contributed by atoms with Gasteiger partial charge in [0.25, 0.3) is 10.0 Å². The SMILES string of the molecule is O=S(=O)(Nc1ccccc1-n1cnnn1)c1ccccc1F. The van der Waals surface area contributed by atoms with Crippen LogP contribution in [0.15, 0.2) is 59.8 Å². The number of hydrogen-bond donors (Lipinski definition) is 1. The quantitative estimate of drug-likeness (QED) is 0.789. The van der Waals surface area contributed by atoms with Crippen molar-refractivity contribution in [1.29, 1.82) is 0 Å². The van der Waals surface area contributed by atoms with E-state index < -0.39 is 20.7 Å². The Morgan fingerprint density at radius 2 is 1.77 bits per heavy atom. The van der Waals surface area contributed by atoms with E-state index in [1.165, 1.54) is 35.3 Å². The molecule has 9 heteroatoms. The lowest BCUT2D eigenvalue weighted by atomic mass is 10.3. The second kappa shape index (κ2) is 5.53. The van der Waals surface area contributed by atoms with Gasteiger partial charge in [-0.15, -0.1) is 5.10 Å². The largest absolute Gasteiger partial charge is 0.277 e. The van der Waals surface area contributed by atoms with E-state index in [4.69, 9.17) is 0 Å². The zero-order chi connectivity index (χ0) is 15.6. The van der Waals surface area contributed by atoms with Crippen LogP contribution in [-0.4, -0.2) is 28.6 Å². The van der Waals surface area contributed by atoms with Crippen molar-refractivity contribution >= 4 is 15.7 Å². The number of tetrazole rings is 1. The minimum absolute atomic E-state index is 0.234. The van der Waals surface area contributed by atoms with Crippen molar-refractivity contribution < 1.29 is 12.8 Å². The van der Waals surface area contributed by atoms with Crippen molar-refractivity contribution in [1.82, 2.24) is 20.2 Å². The third-order valence-electron chi connectivity index (χ3n) is 2.87. The second-order valence-corrected chi connectivity index (χ2v) is 5.96. The van der Waals surface area contributed by atoms with Gasteiger partial charge >= 0.3 is 0 Å². The lowest BCUT2D eigenvalue weighted by molar-refractivity contribution is 0.570. The molecule has 1 heterocycles. The van der Waals surface area contributed by atoms with E-state index in [1.54, 1.807) is 18.2 Å². The van der Waals surface area contributed by atoms with Crippen molar-refractivity contribution in [3.05, 3.63) is 60.7 Å². The summed E-state index contributed by atoms with van der Waals surface area (Å²) >= 11 is 0. The van der Waals surface area contributed by atoms with Crippen LogP contribution in [0, 0.1) is 5.82 Å². The van der Waals surface area contributed by atoms with Gasteiger partial charge in [-0.3, -0.25) is 4.72 Å². The number of aromatic nitrogens is 4. The Balaban J connectivity index is 2.03. The molecule has 0 saturated heterocycles. The number of para-hydroxylation sites is 2. The number of rotatable bonds is 4. The average molecular weight is 319 g/mol. The van der Waals surface area contributed by atoms with Crippen molar-refractivity contribution in [2.24, 2.45) is 0 Å². The summed E-state index contributed by atoms with van der Waals surface area (Å²) in [4.78, 5) is -0.429. The van der Waals surface area contributed by atoms with E-state index >= 15 is 0 Å². The maximum absolute atomic E-state index is 13.7. The first-order valence-corrected chi connectivity index (χ1v) is 7.66. The van der Waals surface area contributed by atoms with Crippen LogP contribution in [0.5, 0.6) is 0 Å².